The molecular formula is C17H24N2O3. The third-order valence-corrected chi connectivity index (χ3v) is 3.57. The number of hydrogen-bond acceptors (Lipinski definition) is 3. The number of anilines is 2. The molecule has 1 saturated heterocycles. The lowest BCUT2D eigenvalue weighted by molar-refractivity contribution is -0.127. The molecule has 1 aliphatic rings. The molecule has 1 fully saturated rings. The quantitative estimate of drug-likeness (QED) is 0.879. The van der Waals surface area contributed by atoms with Crippen LogP contribution in [0.1, 0.15) is 33.6 Å². The van der Waals surface area contributed by atoms with Gasteiger partial charge in [-0.15, -0.1) is 0 Å². The molecule has 0 aromatic heterocycles. The number of rotatable bonds is 6. The number of nitrogens with one attached hydrogen (secondary N) is 1. The van der Waals surface area contributed by atoms with Crippen LogP contribution in [-0.2, 0) is 14.3 Å². The van der Waals surface area contributed by atoms with E-state index in [2.05, 4.69) is 5.32 Å². The lowest BCUT2D eigenvalue weighted by atomic mass is 10.2. The van der Waals surface area contributed by atoms with Gasteiger partial charge in [-0.1, -0.05) is 26.0 Å². The number of carbonyl (C=O) groups excluding carboxylic acids is 2. The molecule has 0 radical (unpaired) electrons. The second-order valence-corrected chi connectivity index (χ2v) is 6.02. The Morgan fingerprint density at radius 1 is 1.32 bits per heavy atom. The third-order valence-electron chi connectivity index (χ3n) is 3.57. The van der Waals surface area contributed by atoms with Gasteiger partial charge in [-0.3, -0.25) is 9.59 Å². The van der Waals surface area contributed by atoms with E-state index < -0.39 is 6.10 Å². The average Bonchev–Trinajstić information content (AvgIpc) is 2.91. The van der Waals surface area contributed by atoms with Gasteiger partial charge < -0.3 is 15.0 Å². The van der Waals surface area contributed by atoms with E-state index in [1.54, 1.807) is 11.8 Å². The van der Waals surface area contributed by atoms with Crippen LogP contribution in [0.15, 0.2) is 24.3 Å². The fourth-order valence-electron chi connectivity index (χ4n) is 2.36. The zero-order valence-corrected chi connectivity index (χ0v) is 13.5. The molecular weight excluding hydrogens is 280 g/mol. The van der Waals surface area contributed by atoms with E-state index in [0.717, 1.165) is 12.1 Å². The Bertz CT molecular complexity index is 542. The Hall–Kier alpha value is -1.88. The van der Waals surface area contributed by atoms with Gasteiger partial charge >= 0.3 is 0 Å². The van der Waals surface area contributed by atoms with Crippen LogP contribution in [0.25, 0.3) is 0 Å². The second kappa shape index (κ2) is 7.40. The lowest BCUT2D eigenvalue weighted by Crippen LogP contribution is -2.30. The molecule has 1 N–H and O–H groups in total. The van der Waals surface area contributed by atoms with Gasteiger partial charge in [0.2, 0.25) is 5.91 Å². The number of ether oxygens (including phenoxy) is 1. The highest BCUT2D eigenvalue weighted by molar-refractivity contribution is 6.02. The summed E-state index contributed by atoms with van der Waals surface area (Å²) in [6.45, 7) is 7.06. The average molecular weight is 304 g/mol. The van der Waals surface area contributed by atoms with Crippen LogP contribution in [0.3, 0.4) is 0 Å². The van der Waals surface area contributed by atoms with Crippen molar-refractivity contribution in [3.63, 3.8) is 0 Å². The summed E-state index contributed by atoms with van der Waals surface area (Å²) in [6.07, 6.45) is 0.898. The van der Waals surface area contributed by atoms with Gasteiger partial charge in [0.05, 0.1) is 11.4 Å². The van der Waals surface area contributed by atoms with Gasteiger partial charge in [-0.2, -0.15) is 0 Å². The first-order valence-corrected chi connectivity index (χ1v) is 7.81. The monoisotopic (exact) mass is 304 g/mol. The Balaban J connectivity index is 2.06. The molecule has 5 nitrogen and oxygen atoms in total. The Morgan fingerprint density at radius 3 is 2.68 bits per heavy atom. The highest BCUT2D eigenvalue weighted by Crippen LogP contribution is 2.29. The van der Waals surface area contributed by atoms with E-state index in [1.807, 2.05) is 38.1 Å². The Kier molecular flexibility index (Phi) is 5.55. The van der Waals surface area contributed by atoms with E-state index >= 15 is 0 Å². The van der Waals surface area contributed by atoms with Crippen molar-refractivity contribution in [2.24, 2.45) is 5.92 Å². The van der Waals surface area contributed by atoms with E-state index in [-0.39, 0.29) is 11.8 Å². The summed E-state index contributed by atoms with van der Waals surface area (Å²) in [7, 11) is 0. The van der Waals surface area contributed by atoms with Crippen molar-refractivity contribution in [2.45, 2.75) is 39.7 Å². The van der Waals surface area contributed by atoms with Gasteiger partial charge in [-0.25, -0.2) is 0 Å². The lowest BCUT2D eigenvalue weighted by Gasteiger charge is -2.21. The second-order valence-electron chi connectivity index (χ2n) is 6.02. The summed E-state index contributed by atoms with van der Waals surface area (Å²) in [5, 5.41) is 2.87. The smallest absolute Gasteiger partial charge is 0.253 e. The minimum absolute atomic E-state index is 0.103. The molecule has 0 unspecified atom stereocenters. The largest absolute Gasteiger partial charge is 0.368 e. The summed E-state index contributed by atoms with van der Waals surface area (Å²) in [5.74, 6) is 0.287. The number of para-hydroxylation sites is 2. The summed E-state index contributed by atoms with van der Waals surface area (Å²) in [4.78, 5) is 25.9. The van der Waals surface area contributed by atoms with Crippen molar-refractivity contribution < 1.29 is 14.3 Å². The summed E-state index contributed by atoms with van der Waals surface area (Å²) in [6, 6.07) is 7.39. The first kappa shape index (κ1) is 16.5. The SMILES string of the molecule is CC(C)CO[C@H](C)C(=O)Nc1ccccc1N1CCCC1=O. The highest BCUT2D eigenvalue weighted by atomic mass is 16.5. The topological polar surface area (TPSA) is 58.6 Å². The number of nitrogens with zero attached hydrogens (tertiary/aromatic N) is 1. The maximum absolute atomic E-state index is 12.2. The van der Waals surface area contributed by atoms with Crippen LogP contribution in [0.2, 0.25) is 0 Å². The standard InChI is InChI=1S/C17H24N2O3/c1-12(2)11-22-13(3)17(21)18-14-7-4-5-8-15(14)19-10-6-9-16(19)20/h4-5,7-8,12-13H,6,9-11H2,1-3H3,(H,18,21)/t13-/m1/s1. The first-order chi connectivity index (χ1) is 10.5. The summed E-state index contributed by atoms with van der Waals surface area (Å²) in [5.41, 5.74) is 1.41. The molecule has 22 heavy (non-hydrogen) atoms. The molecule has 5 heteroatoms. The molecule has 1 atom stereocenters. The minimum Gasteiger partial charge on any atom is -0.368 e. The maximum atomic E-state index is 12.2. The van der Waals surface area contributed by atoms with Crippen LogP contribution in [0.5, 0.6) is 0 Å². The normalized spacial score (nSPS) is 16.2. The van der Waals surface area contributed by atoms with E-state index in [0.29, 0.717) is 31.2 Å². The molecule has 0 saturated carbocycles. The molecule has 2 rings (SSSR count). The van der Waals surface area contributed by atoms with E-state index in [9.17, 15) is 9.59 Å². The Labute approximate surface area is 131 Å². The van der Waals surface area contributed by atoms with E-state index in [1.165, 1.54) is 0 Å². The fraction of sp³-hybridized carbons (Fsp3) is 0.529. The zero-order chi connectivity index (χ0) is 16.1. The summed E-state index contributed by atoms with van der Waals surface area (Å²) >= 11 is 0. The van der Waals surface area contributed by atoms with E-state index in [4.69, 9.17) is 4.74 Å². The van der Waals surface area contributed by atoms with Gasteiger partial charge in [0.1, 0.15) is 6.10 Å². The van der Waals surface area contributed by atoms with Crippen molar-refractivity contribution >= 4 is 23.2 Å². The number of hydrogen-bond donors (Lipinski definition) is 1. The zero-order valence-electron chi connectivity index (χ0n) is 13.5. The first-order valence-electron chi connectivity index (χ1n) is 7.81. The van der Waals surface area contributed by atoms with Gasteiger partial charge in [-0.05, 0) is 31.4 Å². The predicted molar refractivity (Wildman–Crippen MR) is 86.9 cm³/mol. The highest BCUT2D eigenvalue weighted by Gasteiger charge is 2.24. The molecule has 1 aliphatic heterocycles. The predicted octanol–water partition coefficient (Wildman–Crippen LogP) is 2.81. The maximum Gasteiger partial charge on any atom is 0.253 e. The fourth-order valence-corrected chi connectivity index (χ4v) is 2.36. The summed E-state index contributed by atoms with van der Waals surface area (Å²) < 4.78 is 5.53. The van der Waals surface area contributed by atoms with Crippen LogP contribution in [-0.4, -0.2) is 31.1 Å². The molecule has 1 heterocycles. The molecule has 1 aromatic rings. The number of carbonyl (C=O) groups is 2. The molecule has 120 valence electrons. The third kappa shape index (κ3) is 4.07. The molecule has 0 spiro atoms. The van der Waals surface area contributed by atoms with Crippen molar-refractivity contribution in [2.75, 3.05) is 23.4 Å². The molecule has 1 aromatic carbocycles. The van der Waals surface area contributed by atoms with Crippen molar-refractivity contribution in [3.8, 4) is 0 Å². The minimum atomic E-state index is -0.523. The molecule has 2 amide bonds. The van der Waals surface area contributed by atoms with Crippen molar-refractivity contribution in [1.82, 2.24) is 0 Å². The van der Waals surface area contributed by atoms with Crippen LogP contribution in [0, 0.1) is 5.92 Å². The van der Waals surface area contributed by atoms with Gasteiger partial charge in [0.25, 0.3) is 5.91 Å². The van der Waals surface area contributed by atoms with Crippen LogP contribution in [0.4, 0.5) is 11.4 Å². The number of amides is 2. The van der Waals surface area contributed by atoms with Crippen molar-refractivity contribution in [3.05, 3.63) is 24.3 Å². The van der Waals surface area contributed by atoms with Gasteiger partial charge in [0, 0.05) is 19.6 Å². The van der Waals surface area contributed by atoms with Crippen molar-refractivity contribution in [1.29, 1.82) is 0 Å². The van der Waals surface area contributed by atoms with Crippen LogP contribution >= 0.6 is 0 Å². The number of benzene rings is 1. The Morgan fingerprint density at radius 2 is 2.05 bits per heavy atom. The molecule has 0 aliphatic carbocycles. The molecule has 0 bridgehead atoms. The van der Waals surface area contributed by atoms with Gasteiger partial charge in [0.15, 0.2) is 0 Å². The van der Waals surface area contributed by atoms with Crippen LogP contribution < -0.4 is 10.2 Å².